The first-order valence-corrected chi connectivity index (χ1v) is 16.5. The summed E-state index contributed by atoms with van der Waals surface area (Å²) in [6, 6.07) is 25.4. The third-order valence-electron chi connectivity index (χ3n) is 10.9. The Balaban J connectivity index is 1.29. The van der Waals surface area contributed by atoms with E-state index in [1.807, 2.05) is 12.3 Å². The third kappa shape index (κ3) is 4.84. The third-order valence-corrected chi connectivity index (χ3v) is 10.9. The van der Waals surface area contributed by atoms with Gasteiger partial charge in [-0.2, -0.15) is 5.10 Å². The van der Waals surface area contributed by atoms with Crippen LogP contribution in [0.15, 0.2) is 90.1 Å². The second-order valence-corrected chi connectivity index (χ2v) is 13.7. The van der Waals surface area contributed by atoms with Crippen molar-refractivity contribution in [2.45, 2.75) is 68.2 Å². The number of aromatic nitrogens is 4. The first-order chi connectivity index (χ1) is 22.0. The average Bonchev–Trinajstić information content (AvgIpc) is 3.52. The van der Waals surface area contributed by atoms with E-state index in [1.165, 1.54) is 38.7 Å². The SMILES string of the molecule is CC1=C(C)[C@@H](c2c(C)nn(-c3cc(C)cc(Oc4ccc5c6ccccc6n(-c6cc(C)ccn6)c5c4)c3)c2C)[C@@H](C)[C@@H](C)C1C. The van der Waals surface area contributed by atoms with E-state index in [2.05, 4.69) is 138 Å². The van der Waals surface area contributed by atoms with Gasteiger partial charge in [0.1, 0.15) is 17.3 Å². The van der Waals surface area contributed by atoms with Crippen LogP contribution >= 0.6 is 0 Å². The summed E-state index contributed by atoms with van der Waals surface area (Å²) >= 11 is 0. The second-order valence-electron chi connectivity index (χ2n) is 13.7. The van der Waals surface area contributed by atoms with E-state index >= 15 is 0 Å². The van der Waals surface area contributed by atoms with Crippen molar-refractivity contribution < 1.29 is 4.74 Å². The Labute approximate surface area is 272 Å². The minimum atomic E-state index is 0.377. The molecule has 1 unspecified atom stereocenters. The molecular formula is C41H44N4O. The highest BCUT2D eigenvalue weighted by molar-refractivity contribution is 6.09. The minimum Gasteiger partial charge on any atom is -0.457 e. The van der Waals surface area contributed by atoms with Crippen LogP contribution < -0.4 is 4.74 Å². The maximum absolute atomic E-state index is 6.63. The van der Waals surface area contributed by atoms with Gasteiger partial charge in [0.25, 0.3) is 0 Å². The van der Waals surface area contributed by atoms with Gasteiger partial charge < -0.3 is 4.74 Å². The van der Waals surface area contributed by atoms with Gasteiger partial charge in [-0.1, -0.05) is 50.1 Å². The fourth-order valence-corrected chi connectivity index (χ4v) is 7.94. The molecule has 0 amide bonds. The van der Waals surface area contributed by atoms with Crippen LogP contribution in [0.5, 0.6) is 11.5 Å². The van der Waals surface area contributed by atoms with Gasteiger partial charge in [-0.05, 0) is 113 Å². The summed E-state index contributed by atoms with van der Waals surface area (Å²) in [6.45, 7) is 20.5. The Morgan fingerprint density at radius 2 is 1.43 bits per heavy atom. The molecule has 6 aromatic rings. The van der Waals surface area contributed by atoms with Gasteiger partial charge >= 0.3 is 0 Å². The molecule has 1 aliphatic carbocycles. The van der Waals surface area contributed by atoms with Gasteiger partial charge in [-0.25, -0.2) is 9.67 Å². The number of fused-ring (bicyclic) bond motifs is 3. The number of pyridine rings is 1. The quantitative estimate of drug-likeness (QED) is 0.183. The van der Waals surface area contributed by atoms with Crippen molar-refractivity contribution in [1.82, 2.24) is 19.3 Å². The smallest absolute Gasteiger partial charge is 0.137 e. The van der Waals surface area contributed by atoms with Crippen LogP contribution in [-0.4, -0.2) is 19.3 Å². The molecule has 0 radical (unpaired) electrons. The maximum Gasteiger partial charge on any atom is 0.137 e. The Morgan fingerprint density at radius 3 is 2.22 bits per heavy atom. The number of aryl methyl sites for hydroxylation is 3. The maximum atomic E-state index is 6.63. The average molecular weight is 609 g/mol. The van der Waals surface area contributed by atoms with Crippen LogP contribution in [0.2, 0.25) is 0 Å². The van der Waals surface area contributed by atoms with E-state index in [9.17, 15) is 0 Å². The van der Waals surface area contributed by atoms with E-state index < -0.39 is 0 Å². The standard InChI is InChI=1S/C41H44N4O/c1-23-16-17-42-39(20-23)44-37-13-11-10-12-35(37)36-15-14-33(22-38(36)44)46-34-19-24(2)18-32(21-34)45-31(9)41(30(8)43-45)40-28(6)26(4)25(3)27(5)29(40)7/h10-22,25-26,28,40H,1-9H3/t25?,26-,28-,40-/m0/s1. The number of benzene rings is 3. The lowest BCUT2D eigenvalue weighted by molar-refractivity contribution is 0.256. The molecule has 3 heterocycles. The summed E-state index contributed by atoms with van der Waals surface area (Å²) in [5.74, 6) is 4.62. The lowest BCUT2D eigenvalue weighted by Gasteiger charge is -2.40. The molecule has 0 saturated carbocycles. The summed E-state index contributed by atoms with van der Waals surface area (Å²) in [7, 11) is 0. The topological polar surface area (TPSA) is 44.9 Å². The fraction of sp³-hybridized carbons (Fsp3) is 0.317. The van der Waals surface area contributed by atoms with Crippen molar-refractivity contribution in [3.63, 3.8) is 0 Å². The van der Waals surface area contributed by atoms with Crippen LogP contribution in [0.4, 0.5) is 0 Å². The molecular weight excluding hydrogens is 564 g/mol. The fourth-order valence-electron chi connectivity index (χ4n) is 7.94. The number of para-hydroxylation sites is 1. The van der Waals surface area contributed by atoms with Crippen LogP contribution in [0.3, 0.4) is 0 Å². The zero-order valence-corrected chi connectivity index (χ0v) is 28.5. The Morgan fingerprint density at radius 1 is 0.674 bits per heavy atom. The van der Waals surface area contributed by atoms with Gasteiger partial charge in [-0.15, -0.1) is 0 Å². The molecule has 0 spiro atoms. The van der Waals surface area contributed by atoms with Crippen LogP contribution in [0.25, 0.3) is 33.3 Å². The summed E-state index contributed by atoms with van der Waals surface area (Å²) in [4.78, 5) is 4.73. The van der Waals surface area contributed by atoms with Crippen molar-refractivity contribution in [3.8, 4) is 23.0 Å². The van der Waals surface area contributed by atoms with Gasteiger partial charge in [0.05, 0.1) is 22.4 Å². The molecule has 234 valence electrons. The zero-order chi connectivity index (χ0) is 32.4. The Bertz CT molecular complexity index is 2160. The summed E-state index contributed by atoms with van der Waals surface area (Å²) < 4.78 is 11.0. The molecule has 5 nitrogen and oxygen atoms in total. The van der Waals surface area contributed by atoms with Gasteiger partial charge in [0.2, 0.25) is 0 Å². The highest BCUT2D eigenvalue weighted by Crippen LogP contribution is 2.48. The lowest BCUT2D eigenvalue weighted by Crippen LogP contribution is -2.30. The minimum absolute atomic E-state index is 0.377. The van der Waals surface area contributed by atoms with Crippen molar-refractivity contribution in [1.29, 1.82) is 0 Å². The molecule has 4 atom stereocenters. The number of ether oxygens (including phenoxy) is 1. The highest BCUT2D eigenvalue weighted by Gasteiger charge is 2.38. The van der Waals surface area contributed by atoms with Gasteiger partial charge in [0.15, 0.2) is 0 Å². The van der Waals surface area contributed by atoms with Gasteiger partial charge in [0, 0.05) is 46.3 Å². The molecule has 0 aliphatic heterocycles. The molecule has 0 saturated heterocycles. The molecule has 1 aliphatic rings. The zero-order valence-electron chi connectivity index (χ0n) is 28.5. The van der Waals surface area contributed by atoms with E-state index in [1.54, 1.807) is 0 Å². The van der Waals surface area contributed by atoms with Crippen molar-refractivity contribution >= 4 is 21.8 Å². The largest absolute Gasteiger partial charge is 0.457 e. The van der Waals surface area contributed by atoms with E-state index in [4.69, 9.17) is 14.8 Å². The highest BCUT2D eigenvalue weighted by atomic mass is 16.5. The van der Waals surface area contributed by atoms with Gasteiger partial charge in [-0.3, -0.25) is 4.57 Å². The summed E-state index contributed by atoms with van der Waals surface area (Å²) in [6.07, 6.45) is 1.87. The Kier molecular flexibility index (Phi) is 7.38. The first kappa shape index (κ1) is 30.0. The van der Waals surface area contributed by atoms with Crippen molar-refractivity contribution in [2.75, 3.05) is 0 Å². The predicted octanol–water partition coefficient (Wildman–Crippen LogP) is 10.7. The Hall–Kier alpha value is -4.64. The van der Waals surface area contributed by atoms with E-state index in [0.717, 1.165) is 45.3 Å². The molecule has 0 fully saturated rings. The molecule has 3 aromatic carbocycles. The number of allylic oxidation sites excluding steroid dienone is 2. The van der Waals surface area contributed by atoms with Crippen LogP contribution in [-0.2, 0) is 0 Å². The van der Waals surface area contributed by atoms with Crippen LogP contribution in [0.1, 0.15) is 68.6 Å². The number of nitrogens with zero attached hydrogens (tertiary/aromatic N) is 4. The predicted molar refractivity (Wildman–Crippen MR) is 190 cm³/mol. The molecule has 7 rings (SSSR count). The first-order valence-electron chi connectivity index (χ1n) is 16.5. The summed E-state index contributed by atoms with van der Waals surface area (Å²) in [5, 5.41) is 7.50. The van der Waals surface area contributed by atoms with E-state index in [-0.39, 0.29) is 0 Å². The summed E-state index contributed by atoms with van der Waals surface area (Å²) in [5.41, 5.74) is 12.2. The van der Waals surface area contributed by atoms with Crippen molar-refractivity contribution in [2.24, 2.45) is 17.8 Å². The molecule has 5 heteroatoms. The lowest BCUT2D eigenvalue weighted by atomic mass is 9.64. The molecule has 0 bridgehead atoms. The van der Waals surface area contributed by atoms with Crippen LogP contribution in [0, 0.1) is 45.4 Å². The molecule has 3 aromatic heterocycles. The molecule has 46 heavy (non-hydrogen) atoms. The second kappa shape index (κ2) is 11.3. The monoisotopic (exact) mass is 608 g/mol. The normalized spacial score (nSPS) is 20.2. The van der Waals surface area contributed by atoms with Crippen molar-refractivity contribution in [3.05, 3.63) is 118 Å². The van der Waals surface area contributed by atoms with E-state index in [0.29, 0.717) is 23.7 Å². The number of hydrogen-bond donors (Lipinski definition) is 0. The number of hydrogen-bond acceptors (Lipinski definition) is 3. The molecule has 0 N–H and O–H groups in total. The number of rotatable bonds is 5.